The van der Waals surface area contributed by atoms with Crippen LogP contribution in [0.2, 0.25) is 0 Å². The molecule has 2 rings (SSSR count). The second-order valence-electron chi connectivity index (χ2n) is 4.89. The summed E-state index contributed by atoms with van der Waals surface area (Å²) >= 11 is 4.88. The Bertz CT molecular complexity index is 479. The van der Waals surface area contributed by atoms with Crippen LogP contribution in [0, 0.1) is 0 Å². The first kappa shape index (κ1) is 13.8. The summed E-state index contributed by atoms with van der Waals surface area (Å²) in [6.07, 6.45) is 0.715. The maximum absolute atomic E-state index is 12.4. The number of nitrogens with two attached hydrogens (primary N) is 1. The highest BCUT2D eigenvalue weighted by Gasteiger charge is 2.32. The molecular formula is C14H18N2O2S. The summed E-state index contributed by atoms with van der Waals surface area (Å²) in [4.78, 5) is 14.4. The van der Waals surface area contributed by atoms with Crippen LogP contribution in [0.1, 0.15) is 18.9 Å². The maximum atomic E-state index is 12.4. The van der Waals surface area contributed by atoms with Crippen molar-refractivity contribution in [2.24, 2.45) is 5.73 Å². The van der Waals surface area contributed by atoms with Gasteiger partial charge in [-0.25, -0.2) is 0 Å². The molecule has 1 aromatic rings. The molecule has 2 atom stereocenters. The van der Waals surface area contributed by atoms with Gasteiger partial charge in [-0.3, -0.25) is 4.79 Å². The van der Waals surface area contributed by atoms with Crippen molar-refractivity contribution in [3.8, 4) is 5.75 Å². The van der Waals surface area contributed by atoms with Gasteiger partial charge in [-0.05, 0) is 18.6 Å². The Hall–Kier alpha value is -1.62. The number of hydrogen-bond acceptors (Lipinski definition) is 3. The maximum Gasteiger partial charge on any atom is 0.263 e. The van der Waals surface area contributed by atoms with Crippen molar-refractivity contribution >= 4 is 23.1 Å². The van der Waals surface area contributed by atoms with Crippen molar-refractivity contribution in [2.45, 2.75) is 31.9 Å². The van der Waals surface area contributed by atoms with E-state index in [4.69, 9.17) is 22.7 Å². The van der Waals surface area contributed by atoms with Gasteiger partial charge < -0.3 is 15.4 Å². The molecule has 4 nitrogen and oxygen atoms in total. The molecule has 0 aliphatic carbocycles. The SMILES string of the molecule is CC(CC(N)=S)N(C)C(=O)C1Cc2ccccc2O1. The lowest BCUT2D eigenvalue weighted by atomic mass is 10.1. The molecule has 1 aliphatic rings. The molecule has 0 radical (unpaired) electrons. The molecule has 1 amide bonds. The molecule has 0 bridgehead atoms. The van der Waals surface area contributed by atoms with E-state index in [0.29, 0.717) is 17.8 Å². The molecule has 1 heterocycles. The fourth-order valence-electron chi connectivity index (χ4n) is 2.19. The lowest BCUT2D eigenvalue weighted by molar-refractivity contribution is -0.138. The molecule has 2 unspecified atom stereocenters. The van der Waals surface area contributed by atoms with Gasteiger partial charge >= 0.3 is 0 Å². The first-order valence-corrected chi connectivity index (χ1v) is 6.69. The van der Waals surface area contributed by atoms with Gasteiger partial charge in [0, 0.05) is 25.9 Å². The highest BCUT2D eigenvalue weighted by atomic mass is 32.1. The summed E-state index contributed by atoms with van der Waals surface area (Å²) in [5, 5.41) is 0. The zero-order valence-corrected chi connectivity index (χ0v) is 11.9. The molecule has 2 N–H and O–H groups in total. The quantitative estimate of drug-likeness (QED) is 0.848. The van der Waals surface area contributed by atoms with E-state index in [2.05, 4.69) is 0 Å². The van der Waals surface area contributed by atoms with E-state index in [1.807, 2.05) is 31.2 Å². The second kappa shape index (κ2) is 5.57. The normalized spacial score (nSPS) is 18.3. The third-order valence-corrected chi connectivity index (χ3v) is 3.59. The fourth-order valence-corrected chi connectivity index (χ4v) is 2.43. The van der Waals surface area contributed by atoms with Crippen LogP contribution in [-0.2, 0) is 11.2 Å². The van der Waals surface area contributed by atoms with Crippen LogP contribution in [0.4, 0.5) is 0 Å². The number of thiocarbonyl (C=S) groups is 1. The molecule has 0 aromatic heterocycles. The van der Waals surface area contributed by atoms with Crippen molar-refractivity contribution in [3.63, 3.8) is 0 Å². The number of likely N-dealkylation sites (N-methyl/N-ethyl adjacent to an activating group) is 1. The minimum Gasteiger partial charge on any atom is -0.480 e. The van der Waals surface area contributed by atoms with Gasteiger partial charge in [0.2, 0.25) is 0 Å². The number of benzene rings is 1. The first-order valence-electron chi connectivity index (χ1n) is 6.28. The standard InChI is InChI=1S/C14H18N2O2S/c1-9(7-13(15)19)16(2)14(17)12-8-10-5-3-4-6-11(10)18-12/h3-6,9,12H,7-8H2,1-2H3,(H2,15,19). The van der Waals surface area contributed by atoms with Crippen molar-refractivity contribution in [3.05, 3.63) is 29.8 Å². The van der Waals surface area contributed by atoms with Crippen LogP contribution in [0.3, 0.4) is 0 Å². The lowest BCUT2D eigenvalue weighted by Gasteiger charge is -2.26. The zero-order valence-electron chi connectivity index (χ0n) is 11.1. The lowest BCUT2D eigenvalue weighted by Crippen LogP contribution is -2.44. The van der Waals surface area contributed by atoms with E-state index in [9.17, 15) is 4.79 Å². The van der Waals surface area contributed by atoms with Crippen LogP contribution >= 0.6 is 12.2 Å². The molecule has 0 saturated carbocycles. The molecule has 102 valence electrons. The molecular weight excluding hydrogens is 260 g/mol. The number of carbonyl (C=O) groups excluding carboxylic acids is 1. The molecule has 1 aromatic carbocycles. The minimum atomic E-state index is -0.434. The summed E-state index contributed by atoms with van der Waals surface area (Å²) in [7, 11) is 1.76. The Labute approximate surface area is 118 Å². The van der Waals surface area contributed by atoms with E-state index < -0.39 is 6.10 Å². The Morgan fingerprint density at radius 3 is 2.89 bits per heavy atom. The van der Waals surface area contributed by atoms with Crippen LogP contribution in [-0.4, -0.2) is 35.0 Å². The molecule has 0 fully saturated rings. The monoisotopic (exact) mass is 278 g/mol. The van der Waals surface area contributed by atoms with E-state index in [1.165, 1.54) is 0 Å². The molecule has 0 saturated heterocycles. The third kappa shape index (κ3) is 3.04. The van der Waals surface area contributed by atoms with E-state index in [1.54, 1.807) is 11.9 Å². The number of rotatable bonds is 4. The first-order chi connectivity index (χ1) is 8.99. The predicted molar refractivity (Wildman–Crippen MR) is 78.2 cm³/mol. The third-order valence-electron chi connectivity index (χ3n) is 3.43. The van der Waals surface area contributed by atoms with Crippen LogP contribution < -0.4 is 10.5 Å². The van der Waals surface area contributed by atoms with Gasteiger partial charge in [0.1, 0.15) is 5.75 Å². The zero-order chi connectivity index (χ0) is 14.0. The highest BCUT2D eigenvalue weighted by molar-refractivity contribution is 7.80. The summed E-state index contributed by atoms with van der Waals surface area (Å²) in [5.41, 5.74) is 6.60. The summed E-state index contributed by atoms with van der Waals surface area (Å²) in [6, 6.07) is 7.72. The minimum absolute atomic E-state index is 0.0164. The number of hydrogen-bond donors (Lipinski definition) is 1. The topological polar surface area (TPSA) is 55.6 Å². The van der Waals surface area contributed by atoms with Crippen LogP contribution in [0.5, 0.6) is 5.75 Å². The molecule has 5 heteroatoms. The second-order valence-corrected chi connectivity index (χ2v) is 5.41. The van der Waals surface area contributed by atoms with Crippen molar-refractivity contribution < 1.29 is 9.53 Å². The van der Waals surface area contributed by atoms with Gasteiger partial charge in [-0.2, -0.15) is 0 Å². The van der Waals surface area contributed by atoms with Gasteiger partial charge in [0.05, 0.1) is 4.99 Å². The van der Waals surface area contributed by atoms with Gasteiger partial charge in [-0.15, -0.1) is 0 Å². The van der Waals surface area contributed by atoms with Crippen molar-refractivity contribution in [1.82, 2.24) is 4.90 Å². The van der Waals surface area contributed by atoms with Crippen molar-refractivity contribution in [1.29, 1.82) is 0 Å². The average Bonchev–Trinajstić information content (AvgIpc) is 2.79. The Kier molecular flexibility index (Phi) is 4.04. The Balaban J connectivity index is 2.01. The number of para-hydroxylation sites is 1. The smallest absolute Gasteiger partial charge is 0.263 e. The number of nitrogens with zero attached hydrogens (tertiary/aromatic N) is 1. The number of ether oxygens (including phenoxy) is 1. The highest BCUT2D eigenvalue weighted by Crippen LogP contribution is 2.29. The molecule has 0 spiro atoms. The predicted octanol–water partition coefficient (Wildman–Crippen LogP) is 1.51. The average molecular weight is 278 g/mol. The summed E-state index contributed by atoms with van der Waals surface area (Å²) in [6.45, 7) is 1.93. The van der Waals surface area contributed by atoms with E-state index in [-0.39, 0.29) is 11.9 Å². The number of amides is 1. The Morgan fingerprint density at radius 1 is 1.58 bits per heavy atom. The van der Waals surface area contributed by atoms with Crippen molar-refractivity contribution in [2.75, 3.05) is 7.05 Å². The van der Waals surface area contributed by atoms with Crippen LogP contribution in [0.25, 0.3) is 0 Å². The van der Waals surface area contributed by atoms with Gasteiger partial charge in [0.25, 0.3) is 5.91 Å². The van der Waals surface area contributed by atoms with Crippen LogP contribution in [0.15, 0.2) is 24.3 Å². The summed E-state index contributed by atoms with van der Waals surface area (Å²) < 4.78 is 5.69. The molecule has 1 aliphatic heterocycles. The fraction of sp³-hybridized carbons (Fsp3) is 0.429. The summed E-state index contributed by atoms with van der Waals surface area (Å²) in [5.74, 6) is 0.774. The largest absolute Gasteiger partial charge is 0.480 e. The van der Waals surface area contributed by atoms with E-state index >= 15 is 0 Å². The number of carbonyl (C=O) groups is 1. The van der Waals surface area contributed by atoms with Gasteiger partial charge in [0.15, 0.2) is 6.10 Å². The number of fused-ring (bicyclic) bond motifs is 1. The van der Waals surface area contributed by atoms with Gasteiger partial charge in [-0.1, -0.05) is 30.4 Å². The molecule has 19 heavy (non-hydrogen) atoms. The Morgan fingerprint density at radius 2 is 2.26 bits per heavy atom. The van der Waals surface area contributed by atoms with E-state index in [0.717, 1.165) is 11.3 Å².